The molecule has 1 amide bonds. The van der Waals surface area contributed by atoms with E-state index in [2.05, 4.69) is 10.2 Å². The van der Waals surface area contributed by atoms with Crippen molar-refractivity contribution in [1.29, 1.82) is 0 Å². The number of anilines is 1. The number of carbonyl (C=O) groups excluding carboxylic acids is 1. The minimum Gasteiger partial charge on any atom is -0.495 e. The summed E-state index contributed by atoms with van der Waals surface area (Å²) in [6, 6.07) is 7.28. The molecule has 5 nitrogen and oxygen atoms in total. The normalized spacial score (nSPS) is 17.0. The van der Waals surface area contributed by atoms with Gasteiger partial charge in [0.25, 0.3) is 0 Å². The van der Waals surface area contributed by atoms with E-state index in [1.54, 1.807) is 19.2 Å². The van der Waals surface area contributed by atoms with Crippen LogP contribution >= 0.6 is 0 Å². The molecule has 1 N–H and O–H groups in total. The molecule has 0 spiro atoms. The van der Waals surface area contributed by atoms with Gasteiger partial charge in [-0.15, -0.1) is 0 Å². The summed E-state index contributed by atoms with van der Waals surface area (Å²) in [6.45, 7) is 4.92. The minimum absolute atomic E-state index is 0.127. The van der Waals surface area contributed by atoms with Crippen LogP contribution in [0.3, 0.4) is 0 Å². The van der Waals surface area contributed by atoms with Crippen LogP contribution < -0.4 is 10.1 Å². The van der Waals surface area contributed by atoms with Crippen molar-refractivity contribution in [2.45, 2.75) is 32.3 Å². The van der Waals surface area contributed by atoms with Crippen molar-refractivity contribution in [3.63, 3.8) is 0 Å². The van der Waals surface area contributed by atoms with Crippen LogP contribution in [0, 0.1) is 0 Å². The quantitative estimate of drug-likeness (QED) is 0.906. The Labute approximate surface area is 126 Å². The second kappa shape index (κ2) is 7.88. The number of amides is 1. The van der Waals surface area contributed by atoms with Crippen LogP contribution in [0.25, 0.3) is 0 Å². The van der Waals surface area contributed by atoms with Crippen molar-refractivity contribution in [3.8, 4) is 5.75 Å². The number of likely N-dealkylation sites (tertiary alicyclic amines) is 1. The average Bonchev–Trinajstić information content (AvgIpc) is 2.48. The Morgan fingerprint density at radius 3 is 2.71 bits per heavy atom. The zero-order valence-corrected chi connectivity index (χ0v) is 12.8. The van der Waals surface area contributed by atoms with Crippen molar-refractivity contribution >= 4 is 11.8 Å². The van der Waals surface area contributed by atoms with Gasteiger partial charge in [0.15, 0.2) is 0 Å². The molecular weight excluding hydrogens is 268 g/mol. The smallest absolute Gasteiger partial charge is 0.412 e. The second-order valence-corrected chi connectivity index (χ2v) is 5.40. The molecule has 0 radical (unpaired) electrons. The summed E-state index contributed by atoms with van der Waals surface area (Å²) in [7, 11) is 1.57. The summed E-state index contributed by atoms with van der Waals surface area (Å²) in [4.78, 5) is 14.3. The van der Waals surface area contributed by atoms with E-state index < -0.39 is 6.09 Å². The van der Waals surface area contributed by atoms with Gasteiger partial charge in [0.05, 0.1) is 12.8 Å². The van der Waals surface area contributed by atoms with Gasteiger partial charge in [0.2, 0.25) is 0 Å². The first-order chi connectivity index (χ1) is 10.2. The highest BCUT2D eigenvalue weighted by Crippen LogP contribution is 2.23. The van der Waals surface area contributed by atoms with Crippen molar-refractivity contribution in [2.24, 2.45) is 0 Å². The summed E-state index contributed by atoms with van der Waals surface area (Å²) < 4.78 is 10.6. The third-order valence-electron chi connectivity index (χ3n) is 3.62. The summed E-state index contributed by atoms with van der Waals surface area (Å²) in [5.74, 6) is 0.623. The number of methoxy groups -OCH3 is 1. The fraction of sp³-hybridized carbons (Fsp3) is 0.562. The zero-order chi connectivity index (χ0) is 15.1. The largest absolute Gasteiger partial charge is 0.495 e. The number of carbonyl (C=O) groups is 1. The lowest BCUT2D eigenvalue weighted by molar-refractivity contribution is 0.0833. The minimum atomic E-state index is -0.441. The first-order valence-electron chi connectivity index (χ1n) is 7.52. The molecule has 1 aromatic rings. The maximum Gasteiger partial charge on any atom is 0.412 e. The van der Waals surface area contributed by atoms with E-state index in [0.29, 0.717) is 11.4 Å². The fourth-order valence-electron chi connectivity index (χ4n) is 2.61. The van der Waals surface area contributed by atoms with E-state index in [4.69, 9.17) is 9.47 Å². The summed E-state index contributed by atoms with van der Waals surface area (Å²) in [6.07, 6.45) is 3.21. The van der Waals surface area contributed by atoms with Crippen LogP contribution in [0.4, 0.5) is 10.5 Å². The SMILES string of the molecule is COc1ccccc1NC(=O)OC(C)CN1CCCCC1. The lowest BCUT2D eigenvalue weighted by Gasteiger charge is -2.28. The Morgan fingerprint density at radius 1 is 1.29 bits per heavy atom. The van der Waals surface area contributed by atoms with Gasteiger partial charge in [-0.3, -0.25) is 10.2 Å². The Kier molecular flexibility index (Phi) is 5.87. The summed E-state index contributed by atoms with van der Waals surface area (Å²) in [5.41, 5.74) is 0.621. The number of hydrogen-bond donors (Lipinski definition) is 1. The van der Waals surface area contributed by atoms with Crippen molar-refractivity contribution in [3.05, 3.63) is 24.3 Å². The third kappa shape index (κ3) is 4.93. The van der Waals surface area contributed by atoms with Crippen molar-refractivity contribution in [1.82, 2.24) is 4.90 Å². The number of hydrogen-bond acceptors (Lipinski definition) is 4. The highest BCUT2D eigenvalue weighted by Gasteiger charge is 2.17. The molecule has 1 atom stereocenters. The average molecular weight is 292 g/mol. The van der Waals surface area contributed by atoms with E-state index in [1.807, 2.05) is 19.1 Å². The van der Waals surface area contributed by atoms with Crippen molar-refractivity contribution < 1.29 is 14.3 Å². The van der Waals surface area contributed by atoms with E-state index >= 15 is 0 Å². The van der Waals surface area contributed by atoms with Crippen LogP contribution in [-0.4, -0.2) is 43.8 Å². The van der Waals surface area contributed by atoms with E-state index in [9.17, 15) is 4.79 Å². The molecule has 1 aliphatic heterocycles. The Balaban J connectivity index is 1.80. The monoisotopic (exact) mass is 292 g/mol. The predicted molar refractivity (Wildman–Crippen MR) is 82.9 cm³/mol. The molecule has 1 aromatic carbocycles. The summed E-state index contributed by atoms with van der Waals surface area (Å²) >= 11 is 0. The number of piperidine rings is 1. The van der Waals surface area contributed by atoms with E-state index in [-0.39, 0.29) is 6.10 Å². The summed E-state index contributed by atoms with van der Waals surface area (Å²) in [5, 5.41) is 2.72. The maximum absolute atomic E-state index is 11.9. The van der Waals surface area contributed by atoms with Crippen LogP contribution in [0.2, 0.25) is 0 Å². The van der Waals surface area contributed by atoms with Crippen LogP contribution in [0.5, 0.6) is 5.75 Å². The molecular formula is C16H24N2O3. The van der Waals surface area contributed by atoms with Crippen molar-refractivity contribution in [2.75, 3.05) is 32.1 Å². The molecule has 1 unspecified atom stereocenters. The topological polar surface area (TPSA) is 50.8 Å². The molecule has 2 rings (SSSR count). The number of benzene rings is 1. The van der Waals surface area contributed by atoms with Gasteiger partial charge in [-0.05, 0) is 45.0 Å². The highest BCUT2D eigenvalue weighted by molar-refractivity contribution is 5.86. The number of para-hydroxylation sites is 2. The van der Waals surface area contributed by atoms with Gasteiger partial charge >= 0.3 is 6.09 Å². The zero-order valence-electron chi connectivity index (χ0n) is 12.8. The Bertz CT molecular complexity index is 459. The lowest BCUT2D eigenvalue weighted by Crippen LogP contribution is -2.37. The predicted octanol–water partition coefficient (Wildman–Crippen LogP) is 3.12. The number of rotatable bonds is 5. The number of ether oxygens (including phenoxy) is 2. The lowest BCUT2D eigenvalue weighted by atomic mass is 10.1. The fourth-order valence-corrected chi connectivity index (χ4v) is 2.61. The van der Waals surface area contributed by atoms with Gasteiger partial charge in [-0.1, -0.05) is 18.6 Å². The number of nitrogens with one attached hydrogen (secondary N) is 1. The van der Waals surface area contributed by atoms with Gasteiger partial charge in [0, 0.05) is 6.54 Å². The Morgan fingerprint density at radius 2 is 2.00 bits per heavy atom. The molecule has 21 heavy (non-hydrogen) atoms. The molecule has 0 aliphatic carbocycles. The van der Waals surface area contributed by atoms with Gasteiger partial charge < -0.3 is 9.47 Å². The molecule has 0 bridgehead atoms. The van der Waals surface area contributed by atoms with Crippen LogP contribution in [0.1, 0.15) is 26.2 Å². The molecule has 5 heteroatoms. The first-order valence-corrected chi connectivity index (χ1v) is 7.52. The van der Waals surface area contributed by atoms with Gasteiger partial charge in [-0.2, -0.15) is 0 Å². The standard InChI is InChI=1S/C16H24N2O3/c1-13(12-18-10-6-3-7-11-18)21-16(19)17-14-8-4-5-9-15(14)20-2/h4-5,8-9,13H,3,6-7,10-12H2,1-2H3,(H,17,19). The molecule has 0 saturated carbocycles. The molecule has 1 fully saturated rings. The molecule has 1 saturated heterocycles. The van der Waals surface area contributed by atoms with E-state index in [0.717, 1.165) is 19.6 Å². The van der Waals surface area contributed by atoms with Gasteiger partial charge in [-0.25, -0.2) is 4.79 Å². The molecule has 1 heterocycles. The number of nitrogens with zero attached hydrogens (tertiary/aromatic N) is 1. The second-order valence-electron chi connectivity index (χ2n) is 5.40. The van der Waals surface area contributed by atoms with Crippen LogP contribution in [-0.2, 0) is 4.74 Å². The van der Waals surface area contributed by atoms with E-state index in [1.165, 1.54) is 19.3 Å². The van der Waals surface area contributed by atoms with Crippen LogP contribution in [0.15, 0.2) is 24.3 Å². The highest BCUT2D eigenvalue weighted by atomic mass is 16.6. The van der Waals surface area contributed by atoms with Gasteiger partial charge in [0.1, 0.15) is 11.9 Å². The molecule has 116 valence electrons. The third-order valence-corrected chi connectivity index (χ3v) is 3.62. The first kappa shape index (κ1) is 15.6. The maximum atomic E-state index is 11.9. The Hall–Kier alpha value is -1.75. The molecule has 1 aliphatic rings. The molecule has 0 aromatic heterocycles.